The lowest BCUT2D eigenvalue weighted by Gasteiger charge is -2.29. The molecule has 266 valence electrons. The van der Waals surface area contributed by atoms with E-state index in [1.807, 2.05) is 55.4 Å². The lowest BCUT2D eigenvalue weighted by Crippen LogP contribution is -2.59. The van der Waals surface area contributed by atoms with E-state index in [1.54, 1.807) is 0 Å². The minimum absolute atomic E-state index is 0.0192. The first-order valence-electron chi connectivity index (χ1n) is 16.8. The molecule has 0 spiro atoms. The summed E-state index contributed by atoms with van der Waals surface area (Å²) in [5.74, 6) is -2.16. The summed E-state index contributed by atoms with van der Waals surface area (Å²) in [6, 6.07) is -0.783. The second-order valence-corrected chi connectivity index (χ2v) is 12.8. The largest absolute Gasteiger partial charge is 0.355 e. The Kier molecular flexibility index (Phi) is 18.6. The van der Waals surface area contributed by atoms with Crippen LogP contribution in [0.25, 0.3) is 0 Å². The van der Waals surface area contributed by atoms with Gasteiger partial charge in [-0.15, -0.1) is 0 Å². The van der Waals surface area contributed by atoms with Crippen molar-refractivity contribution in [2.45, 2.75) is 111 Å². The van der Waals surface area contributed by atoms with E-state index in [0.29, 0.717) is 32.2 Å². The van der Waals surface area contributed by atoms with E-state index in [2.05, 4.69) is 31.9 Å². The molecule has 0 aromatic carbocycles. The molecule has 1 heterocycles. The van der Waals surface area contributed by atoms with Crippen LogP contribution < -0.4 is 42.4 Å². The number of rotatable bonds is 21. The summed E-state index contributed by atoms with van der Waals surface area (Å²) >= 11 is 0. The fourth-order valence-electron chi connectivity index (χ4n) is 5.02. The van der Waals surface area contributed by atoms with Gasteiger partial charge < -0.3 is 37.6 Å². The molecule has 1 rings (SSSR count). The summed E-state index contributed by atoms with van der Waals surface area (Å²) in [6.45, 7) is 15.9. The van der Waals surface area contributed by atoms with Gasteiger partial charge in [-0.1, -0.05) is 61.3 Å². The zero-order valence-corrected chi connectivity index (χ0v) is 29.4. The Morgan fingerprint density at radius 1 is 0.809 bits per heavy atom. The van der Waals surface area contributed by atoms with E-state index in [1.165, 1.54) is 24.5 Å². The fourth-order valence-corrected chi connectivity index (χ4v) is 5.02. The zero-order valence-electron chi connectivity index (χ0n) is 29.4. The van der Waals surface area contributed by atoms with Gasteiger partial charge in [0.05, 0.1) is 11.6 Å². The Hall–Kier alpha value is -3.78. The smallest absolute Gasteiger partial charge is 0.252 e. The quantitative estimate of drug-likeness (QED) is 0.0679. The first kappa shape index (κ1) is 41.2. The van der Waals surface area contributed by atoms with Crippen LogP contribution in [0.5, 0.6) is 0 Å². The van der Waals surface area contributed by atoms with Gasteiger partial charge in [-0.2, -0.15) is 0 Å². The zero-order chi connectivity index (χ0) is 35.7. The highest BCUT2D eigenvalue weighted by Gasteiger charge is 2.32. The lowest BCUT2D eigenvalue weighted by molar-refractivity contribution is -0.904. The normalized spacial score (nSPS) is 15.1. The van der Waals surface area contributed by atoms with Gasteiger partial charge in [-0.3, -0.25) is 29.2 Å². The molecule has 0 radical (unpaired) electrons. The highest BCUT2D eigenvalue weighted by molar-refractivity contribution is 5.98. The summed E-state index contributed by atoms with van der Waals surface area (Å²) < 4.78 is 0.813. The molecule has 1 aromatic rings. The van der Waals surface area contributed by atoms with Crippen LogP contribution >= 0.6 is 0 Å². The fraction of sp³-hybridized carbons (Fsp3) is 0.697. The molecule has 9 N–H and O–H groups in total. The Balaban J connectivity index is 3.03. The number of pyridine rings is 1. The van der Waals surface area contributed by atoms with E-state index in [4.69, 9.17) is 5.73 Å². The van der Waals surface area contributed by atoms with Crippen LogP contribution in [0.4, 0.5) is 0 Å². The maximum atomic E-state index is 13.6. The Labute approximate surface area is 279 Å². The van der Waals surface area contributed by atoms with Crippen molar-refractivity contribution in [1.29, 1.82) is 0 Å². The molecule has 0 aliphatic heterocycles. The van der Waals surface area contributed by atoms with E-state index < -0.39 is 41.9 Å². The molecule has 47 heavy (non-hydrogen) atoms. The molecule has 0 saturated carbocycles. The Bertz CT molecular complexity index is 1150. The Morgan fingerprint density at radius 3 is 1.94 bits per heavy atom. The molecule has 0 fully saturated rings. The van der Waals surface area contributed by atoms with Gasteiger partial charge in [0.15, 0.2) is 0 Å². The van der Waals surface area contributed by atoms with Gasteiger partial charge in [-0.05, 0) is 37.5 Å². The molecular weight excluding hydrogens is 604 g/mol. The number of carbonyl (C=O) groups excluding carboxylic acids is 5. The average molecular weight is 664 g/mol. The highest BCUT2D eigenvalue weighted by atomic mass is 16.5. The maximum Gasteiger partial charge on any atom is 0.252 e. The molecular formula is C33H59N8O6+. The van der Waals surface area contributed by atoms with Crippen LogP contribution in [0.15, 0.2) is 24.5 Å². The summed E-state index contributed by atoms with van der Waals surface area (Å²) in [5.41, 5.74) is 6.21. The predicted octanol–water partition coefficient (Wildman–Crippen LogP) is 0.366. The maximum absolute atomic E-state index is 13.6. The summed E-state index contributed by atoms with van der Waals surface area (Å²) in [5, 5.41) is 26.8. The number of hydrogen-bond donors (Lipinski definition) is 8. The van der Waals surface area contributed by atoms with Crippen LogP contribution in [-0.4, -0.2) is 84.6 Å². The van der Waals surface area contributed by atoms with Crippen LogP contribution in [0.2, 0.25) is 0 Å². The summed E-state index contributed by atoms with van der Waals surface area (Å²) in [7, 11) is 0. The predicted molar refractivity (Wildman–Crippen MR) is 179 cm³/mol. The van der Waals surface area contributed by atoms with Gasteiger partial charge in [0.2, 0.25) is 36.0 Å². The molecule has 6 atom stereocenters. The first-order valence-corrected chi connectivity index (χ1v) is 16.8. The van der Waals surface area contributed by atoms with Crippen molar-refractivity contribution in [1.82, 2.24) is 31.9 Å². The van der Waals surface area contributed by atoms with E-state index >= 15 is 0 Å². The third kappa shape index (κ3) is 14.3. The number of hydrogen-bond acceptors (Lipinski definition) is 8. The minimum atomic E-state index is -0.896. The van der Waals surface area contributed by atoms with Crippen molar-refractivity contribution >= 4 is 29.5 Å². The van der Waals surface area contributed by atoms with Gasteiger partial charge >= 0.3 is 0 Å². The number of nitrogens with two attached hydrogens (primary N) is 1. The number of aromatic nitrogens is 1. The van der Waals surface area contributed by atoms with Crippen molar-refractivity contribution in [2.24, 2.45) is 23.5 Å². The molecule has 0 bridgehead atoms. The van der Waals surface area contributed by atoms with Crippen molar-refractivity contribution in [3.63, 3.8) is 0 Å². The SMILES string of the molecule is CCC[C@H](NC(=O)C(NC(=O)c1cc[n+](O)cc1)[C@@H](C)CC)C(=O)NC(CN[C@@H](CN)C(=O)NC(C(=O)NCC)C(C)C)CC(C)C. The number of carbonyl (C=O) groups is 5. The second-order valence-electron chi connectivity index (χ2n) is 12.8. The molecule has 0 aliphatic rings. The van der Waals surface area contributed by atoms with Gasteiger partial charge in [0.1, 0.15) is 18.1 Å². The van der Waals surface area contributed by atoms with Crippen LogP contribution in [-0.2, 0) is 19.2 Å². The third-order valence-electron chi connectivity index (χ3n) is 7.93. The monoisotopic (exact) mass is 663 g/mol. The number of nitrogens with zero attached hydrogens (tertiary/aromatic N) is 1. The molecule has 1 aromatic heterocycles. The number of likely N-dealkylation sites (N-methyl/N-ethyl adjacent to an activating group) is 1. The molecule has 3 unspecified atom stereocenters. The van der Waals surface area contributed by atoms with Crippen molar-refractivity contribution in [2.75, 3.05) is 19.6 Å². The molecule has 5 amide bonds. The van der Waals surface area contributed by atoms with E-state index in [-0.39, 0.29) is 54.3 Å². The van der Waals surface area contributed by atoms with Crippen LogP contribution in [0.3, 0.4) is 0 Å². The third-order valence-corrected chi connectivity index (χ3v) is 7.93. The van der Waals surface area contributed by atoms with Gasteiger partial charge in [-0.25, -0.2) is 0 Å². The molecule has 14 nitrogen and oxygen atoms in total. The lowest BCUT2D eigenvalue weighted by atomic mass is 9.97. The minimum Gasteiger partial charge on any atom is -0.355 e. The number of amides is 5. The summed E-state index contributed by atoms with van der Waals surface area (Å²) in [4.78, 5) is 65.6. The van der Waals surface area contributed by atoms with E-state index in [9.17, 15) is 29.2 Å². The first-order chi connectivity index (χ1) is 22.2. The summed E-state index contributed by atoms with van der Waals surface area (Å²) in [6.07, 6.45) is 4.82. The molecule has 14 heteroatoms. The number of nitrogens with one attached hydrogen (secondary N) is 6. The van der Waals surface area contributed by atoms with Crippen molar-refractivity contribution in [3.8, 4) is 0 Å². The topological polar surface area (TPSA) is 208 Å². The van der Waals surface area contributed by atoms with E-state index in [0.717, 1.165) is 4.73 Å². The van der Waals surface area contributed by atoms with Gasteiger partial charge in [0.25, 0.3) is 5.91 Å². The van der Waals surface area contributed by atoms with Crippen molar-refractivity contribution < 1.29 is 33.9 Å². The van der Waals surface area contributed by atoms with Crippen LogP contribution in [0.1, 0.15) is 91.4 Å². The average Bonchev–Trinajstić information content (AvgIpc) is 3.01. The highest BCUT2D eigenvalue weighted by Crippen LogP contribution is 2.12. The van der Waals surface area contributed by atoms with Gasteiger partial charge in [0, 0.05) is 42.5 Å². The van der Waals surface area contributed by atoms with Crippen molar-refractivity contribution in [3.05, 3.63) is 30.1 Å². The standard InChI is InChI=1S/C33H58N8O6/c1-9-12-25(38-33(46)28(22(8)10-2)40-29(42)23-13-15-41(47)16-14-23)30(43)37-24(17-20(4)5)19-36-26(18-34)31(44)39-27(21(6)7)32(45)35-11-3/h13-16,20-22,24-28,36H,9-12,17-19,34H2,1-8H3,(H5-,35,37,38,39,40,42,43,44,45,46,47)/p+1/t22-,24?,25-,26-,27?,28?/m0/s1. The Morgan fingerprint density at radius 2 is 1.43 bits per heavy atom. The molecule has 0 aliphatic carbocycles. The second kappa shape index (κ2) is 21.2. The van der Waals surface area contributed by atoms with Crippen LogP contribution in [0, 0.1) is 17.8 Å². The molecule has 0 saturated heterocycles.